The van der Waals surface area contributed by atoms with Crippen LogP contribution in [0.4, 0.5) is 0 Å². The molecule has 5 nitrogen and oxygen atoms in total. The van der Waals surface area contributed by atoms with E-state index in [0.29, 0.717) is 28.6 Å². The number of piperidine rings is 1. The van der Waals surface area contributed by atoms with Gasteiger partial charge in [0.1, 0.15) is 0 Å². The van der Waals surface area contributed by atoms with E-state index >= 15 is 0 Å². The lowest BCUT2D eigenvalue weighted by molar-refractivity contribution is -0.132. The van der Waals surface area contributed by atoms with Gasteiger partial charge in [0.05, 0.1) is 6.10 Å². The summed E-state index contributed by atoms with van der Waals surface area (Å²) >= 11 is 11.7. The van der Waals surface area contributed by atoms with E-state index in [1.807, 2.05) is 0 Å². The maximum absolute atomic E-state index is 12.0. The third-order valence-corrected chi connectivity index (χ3v) is 3.79. The van der Waals surface area contributed by atoms with Crippen LogP contribution in [0, 0.1) is 5.92 Å². The molecular weight excluding hydrogens is 315 g/mol. The molecule has 0 bridgehead atoms. The number of hydrogen-bond donors (Lipinski definition) is 3. The van der Waals surface area contributed by atoms with Crippen LogP contribution < -0.4 is 10.6 Å². The fourth-order valence-corrected chi connectivity index (χ4v) is 2.78. The van der Waals surface area contributed by atoms with Gasteiger partial charge < -0.3 is 15.7 Å². The highest BCUT2D eigenvalue weighted by Gasteiger charge is 2.25. The first-order valence-corrected chi connectivity index (χ1v) is 7.40. The molecule has 1 heterocycles. The molecule has 1 aliphatic heterocycles. The largest absolute Gasteiger partial charge is 0.387 e. The highest BCUT2D eigenvalue weighted by molar-refractivity contribution is 6.34. The fraction of sp³-hybridized carbons (Fsp3) is 0.429. The Hall–Kier alpha value is -1.30. The Kier molecular flexibility index (Phi) is 5.45. The van der Waals surface area contributed by atoms with Crippen LogP contribution in [0.3, 0.4) is 0 Å². The molecule has 3 N–H and O–H groups in total. The minimum Gasteiger partial charge on any atom is -0.387 e. The SMILES string of the molecule is O=C1CC(C(=O)NCC(O)c2cc(Cl)cc(Cl)c2)CCN1. The van der Waals surface area contributed by atoms with Gasteiger partial charge in [-0.05, 0) is 30.2 Å². The van der Waals surface area contributed by atoms with E-state index in [9.17, 15) is 14.7 Å². The van der Waals surface area contributed by atoms with Crippen molar-refractivity contribution in [3.8, 4) is 0 Å². The Morgan fingerprint density at radius 2 is 2.05 bits per heavy atom. The number of carbonyl (C=O) groups excluding carboxylic acids is 2. The molecular formula is C14H16Cl2N2O3. The average Bonchev–Trinajstić information content (AvgIpc) is 2.43. The van der Waals surface area contributed by atoms with Gasteiger partial charge in [-0.1, -0.05) is 23.2 Å². The summed E-state index contributed by atoms with van der Waals surface area (Å²) in [4.78, 5) is 23.2. The normalized spacial score (nSPS) is 19.8. The van der Waals surface area contributed by atoms with E-state index in [0.717, 1.165) is 0 Å². The molecule has 0 saturated carbocycles. The third-order valence-electron chi connectivity index (χ3n) is 3.36. The molecule has 2 amide bonds. The maximum atomic E-state index is 12.0. The zero-order valence-electron chi connectivity index (χ0n) is 11.2. The standard InChI is InChI=1S/C14H16Cl2N2O3/c15-10-3-9(4-11(16)6-10)12(19)7-18-14(21)8-1-2-17-13(20)5-8/h3-4,6,8,12,19H,1-2,5,7H2,(H,17,20)(H,18,21). The number of aliphatic hydroxyl groups excluding tert-OH is 1. The van der Waals surface area contributed by atoms with E-state index in [4.69, 9.17) is 23.2 Å². The first-order chi connectivity index (χ1) is 9.95. The summed E-state index contributed by atoms with van der Waals surface area (Å²) in [7, 11) is 0. The lowest BCUT2D eigenvalue weighted by Gasteiger charge is -2.22. The van der Waals surface area contributed by atoms with Gasteiger partial charge in [0.25, 0.3) is 0 Å². The lowest BCUT2D eigenvalue weighted by atomic mass is 9.96. The minimum atomic E-state index is -0.900. The molecule has 2 rings (SSSR count). The Bertz CT molecular complexity index is 531. The quantitative estimate of drug-likeness (QED) is 0.785. The molecule has 0 radical (unpaired) electrons. The van der Waals surface area contributed by atoms with Crippen LogP contribution in [0.25, 0.3) is 0 Å². The second-order valence-electron chi connectivity index (χ2n) is 5.00. The number of rotatable bonds is 4. The number of benzene rings is 1. The first-order valence-electron chi connectivity index (χ1n) is 6.64. The molecule has 1 fully saturated rings. The molecule has 2 unspecified atom stereocenters. The van der Waals surface area contributed by atoms with Crippen LogP contribution in [-0.4, -0.2) is 30.0 Å². The number of halogens is 2. The molecule has 1 aromatic carbocycles. The van der Waals surface area contributed by atoms with Crippen LogP contribution in [0.1, 0.15) is 24.5 Å². The summed E-state index contributed by atoms with van der Waals surface area (Å²) in [6.07, 6.45) is -0.107. The summed E-state index contributed by atoms with van der Waals surface area (Å²) in [5.41, 5.74) is 0.536. The molecule has 0 aromatic heterocycles. The van der Waals surface area contributed by atoms with Crippen molar-refractivity contribution in [1.82, 2.24) is 10.6 Å². The van der Waals surface area contributed by atoms with E-state index in [2.05, 4.69) is 10.6 Å². The van der Waals surface area contributed by atoms with Crippen molar-refractivity contribution in [2.75, 3.05) is 13.1 Å². The molecule has 7 heteroatoms. The van der Waals surface area contributed by atoms with Gasteiger partial charge in [0.15, 0.2) is 0 Å². The van der Waals surface area contributed by atoms with Gasteiger partial charge >= 0.3 is 0 Å². The Balaban J connectivity index is 1.89. The second kappa shape index (κ2) is 7.11. The summed E-state index contributed by atoms with van der Waals surface area (Å²) in [5, 5.41) is 16.2. The maximum Gasteiger partial charge on any atom is 0.223 e. The van der Waals surface area contributed by atoms with Gasteiger partial charge in [0, 0.05) is 35.5 Å². The van der Waals surface area contributed by atoms with Crippen LogP contribution >= 0.6 is 23.2 Å². The van der Waals surface area contributed by atoms with E-state index in [-0.39, 0.29) is 30.7 Å². The average molecular weight is 331 g/mol. The predicted octanol–water partition coefficient (Wildman–Crippen LogP) is 1.67. The highest BCUT2D eigenvalue weighted by atomic mass is 35.5. The molecule has 1 aromatic rings. The van der Waals surface area contributed by atoms with Crippen molar-refractivity contribution < 1.29 is 14.7 Å². The van der Waals surface area contributed by atoms with Crippen molar-refractivity contribution in [3.05, 3.63) is 33.8 Å². The lowest BCUT2D eigenvalue weighted by Crippen LogP contribution is -2.42. The van der Waals surface area contributed by atoms with Gasteiger partial charge in [-0.3, -0.25) is 9.59 Å². The summed E-state index contributed by atoms with van der Waals surface area (Å²) in [6.45, 7) is 0.553. The van der Waals surface area contributed by atoms with E-state index < -0.39 is 6.10 Å². The van der Waals surface area contributed by atoms with Gasteiger partial charge in [-0.2, -0.15) is 0 Å². The van der Waals surface area contributed by atoms with Crippen LogP contribution in [0.15, 0.2) is 18.2 Å². The van der Waals surface area contributed by atoms with Gasteiger partial charge in [-0.25, -0.2) is 0 Å². The second-order valence-corrected chi connectivity index (χ2v) is 5.88. The van der Waals surface area contributed by atoms with Crippen molar-refractivity contribution in [2.24, 2.45) is 5.92 Å². The monoisotopic (exact) mass is 330 g/mol. The number of amides is 2. The summed E-state index contributed by atoms with van der Waals surface area (Å²) in [6, 6.07) is 4.76. The molecule has 1 aliphatic rings. The van der Waals surface area contributed by atoms with Gasteiger partial charge in [-0.15, -0.1) is 0 Å². The number of aliphatic hydroxyl groups is 1. The topological polar surface area (TPSA) is 78.4 Å². The Labute approximate surface area is 132 Å². The fourth-order valence-electron chi connectivity index (χ4n) is 2.23. The van der Waals surface area contributed by atoms with Crippen molar-refractivity contribution in [1.29, 1.82) is 0 Å². The highest BCUT2D eigenvalue weighted by Crippen LogP contribution is 2.23. The van der Waals surface area contributed by atoms with Crippen LogP contribution in [0.2, 0.25) is 10.0 Å². The van der Waals surface area contributed by atoms with Crippen molar-refractivity contribution in [3.63, 3.8) is 0 Å². The molecule has 2 atom stereocenters. The first kappa shape index (κ1) is 16.1. The minimum absolute atomic E-state index is 0.0492. The Morgan fingerprint density at radius 3 is 2.67 bits per heavy atom. The molecule has 114 valence electrons. The smallest absolute Gasteiger partial charge is 0.223 e. The van der Waals surface area contributed by atoms with Gasteiger partial charge in [0.2, 0.25) is 11.8 Å². The van der Waals surface area contributed by atoms with Crippen LogP contribution in [0.5, 0.6) is 0 Å². The molecule has 1 saturated heterocycles. The van der Waals surface area contributed by atoms with Crippen molar-refractivity contribution in [2.45, 2.75) is 18.9 Å². The predicted molar refractivity (Wildman–Crippen MR) is 80.2 cm³/mol. The summed E-state index contributed by atoms with van der Waals surface area (Å²) in [5.74, 6) is -0.686. The van der Waals surface area contributed by atoms with Crippen molar-refractivity contribution >= 4 is 35.0 Å². The molecule has 21 heavy (non-hydrogen) atoms. The molecule has 0 aliphatic carbocycles. The zero-order valence-corrected chi connectivity index (χ0v) is 12.7. The van der Waals surface area contributed by atoms with Crippen LogP contribution in [-0.2, 0) is 9.59 Å². The summed E-state index contributed by atoms with van der Waals surface area (Å²) < 4.78 is 0. The molecule has 0 spiro atoms. The Morgan fingerprint density at radius 1 is 1.38 bits per heavy atom. The third kappa shape index (κ3) is 4.59. The number of nitrogens with one attached hydrogen (secondary N) is 2. The van der Waals surface area contributed by atoms with E-state index in [1.165, 1.54) is 0 Å². The number of carbonyl (C=O) groups is 2. The zero-order chi connectivity index (χ0) is 15.4. The number of hydrogen-bond acceptors (Lipinski definition) is 3. The van der Waals surface area contributed by atoms with E-state index in [1.54, 1.807) is 18.2 Å².